The zero-order valence-corrected chi connectivity index (χ0v) is 14.4. The summed E-state index contributed by atoms with van der Waals surface area (Å²) in [4.78, 5) is 10.6. The molecule has 0 fully saturated rings. The highest BCUT2D eigenvalue weighted by molar-refractivity contribution is 5.78. The molecule has 0 spiro atoms. The number of nitro groups is 1. The first-order valence-corrected chi connectivity index (χ1v) is 7.69. The second-order valence-electron chi connectivity index (χ2n) is 5.72. The quantitative estimate of drug-likeness (QED) is 0.310. The van der Waals surface area contributed by atoms with Crippen LogP contribution in [0.2, 0.25) is 0 Å². The van der Waals surface area contributed by atoms with Crippen LogP contribution in [0.1, 0.15) is 22.7 Å². The van der Waals surface area contributed by atoms with E-state index in [1.165, 1.54) is 10.9 Å². The summed E-state index contributed by atoms with van der Waals surface area (Å²) in [6.07, 6.45) is 1.47. The molecule has 2 heterocycles. The first kappa shape index (κ1) is 17.1. The molecule has 0 aliphatic heterocycles. The van der Waals surface area contributed by atoms with Crippen LogP contribution in [0.15, 0.2) is 33.8 Å². The van der Waals surface area contributed by atoms with Crippen molar-refractivity contribution in [3.05, 3.63) is 57.1 Å². The number of nitro benzene ring substituents is 1. The molecule has 10 nitrogen and oxygen atoms in total. The molecule has 0 amide bonds. The van der Waals surface area contributed by atoms with Crippen LogP contribution < -0.4 is 11.3 Å². The molecule has 0 aliphatic carbocycles. The van der Waals surface area contributed by atoms with Gasteiger partial charge in [-0.2, -0.15) is 5.10 Å². The Labute approximate surface area is 148 Å². The molecule has 0 saturated heterocycles. The highest BCUT2D eigenvalue weighted by atomic mass is 16.6. The number of benzene rings is 1. The van der Waals surface area contributed by atoms with Gasteiger partial charge in [0.1, 0.15) is 11.5 Å². The molecule has 0 unspecified atom stereocenters. The minimum atomic E-state index is -0.393. The fraction of sp³-hybridized carbons (Fsp3) is 0.188. The maximum atomic E-state index is 11.0. The predicted octanol–water partition coefficient (Wildman–Crippen LogP) is 2.53. The third kappa shape index (κ3) is 3.24. The Bertz CT molecular complexity index is 1000. The number of aryl methyl sites for hydroxylation is 3. The van der Waals surface area contributed by atoms with Crippen LogP contribution in [0.25, 0.3) is 11.3 Å². The number of furan rings is 1. The summed E-state index contributed by atoms with van der Waals surface area (Å²) >= 11 is 0. The van der Waals surface area contributed by atoms with Crippen molar-refractivity contribution in [3.8, 4) is 11.3 Å². The number of nitrogens with zero attached hydrogens (tertiary/aromatic N) is 5. The van der Waals surface area contributed by atoms with Crippen LogP contribution >= 0.6 is 0 Å². The minimum Gasteiger partial charge on any atom is -0.455 e. The normalized spacial score (nSPS) is 11.2. The average Bonchev–Trinajstić information content (AvgIpc) is 3.18. The topological polar surface area (TPSA) is 137 Å². The van der Waals surface area contributed by atoms with Gasteiger partial charge in [0.25, 0.3) is 11.6 Å². The molecule has 3 N–H and O–H groups in total. The third-order valence-corrected chi connectivity index (χ3v) is 3.85. The van der Waals surface area contributed by atoms with Crippen LogP contribution in [0, 0.1) is 30.9 Å². The molecule has 3 aromatic rings. The lowest BCUT2D eigenvalue weighted by Crippen LogP contribution is -2.13. The van der Waals surface area contributed by atoms with Gasteiger partial charge in [0, 0.05) is 17.2 Å². The van der Waals surface area contributed by atoms with Gasteiger partial charge in [-0.25, -0.2) is 10.1 Å². The van der Waals surface area contributed by atoms with Crippen LogP contribution in [-0.2, 0) is 0 Å². The summed E-state index contributed by atoms with van der Waals surface area (Å²) in [6.45, 7) is 5.21. The fourth-order valence-corrected chi connectivity index (χ4v) is 2.43. The number of nitrogens with two attached hydrogens (primary N) is 1. The molecule has 134 valence electrons. The Hall–Kier alpha value is -3.69. The van der Waals surface area contributed by atoms with Gasteiger partial charge in [-0.1, -0.05) is 0 Å². The summed E-state index contributed by atoms with van der Waals surface area (Å²) in [7, 11) is 0. The van der Waals surface area contributed by atoms with Gasteiger partial charge in [0.05, 0.1) is 11.1 Å². The van der Waals surface area contributed by atoms with Gasteiger partial charge in [-0.05, 0) is 44.5 Å². The molecule has 0 bridgehead atoms. The molecule has 10 heteroatoms. The number of nitrogen functional groups attached to an aromatic ring is 1. The standard InChI is InChI=1S/C16H17N7O3/c1-9-7-14(23(24)25)10(2)6-13(9)15-5-4-12(26-15)8-18-20-16-21-19-11(3)22(16)17/h4-8H,17H2,1-3H3,(H,20,21). The van der Waals surface area contributed by atoms with Crippen LogP contribution in [0.3, 0.4) is 0 Å². The third-order valence-electron chi connectivity index (χ3n) is 3.85. The number of hydrogen-bond donors (Lipinski definition) is 2. The van der Waals surface area contributed by atoms with Gasteiger partial charge in [-0.3, -0.25) is 10.1 Å². The predicted molar refractivity (Wildman–Crippen MR) is 96.4 cm³/mol. The van der Waals surface area contributed by atoms with Crippen LogP contribution in [0.4, 0.5) is 11.6 Å². The molecule has 0 atom stereocenters. The first-order chi connectivity index (χ1) is 12.4. The molecule has 2 aromatic heterocycles. The lowest BCUT2D eigenvalue weighted by molar-refractivity contribution is -0.385. The van der Waals surface area contributed by atoms with E-state index >= 15 is 0 Å². The Kier molecular flexibility index (Phi) is 4.40. The van der Waals surface area contributed by atoms with E-state index in [-0.39, 0.29) is 5.69 Å². The average molecular weight is 355 g/mol. The number of hydrogen-bond acceptors (Lipinski definition) is 8. The highest BCUT2D eigenvalue weighted by Gasteiger charge is 2.16. The SMILES string of the molecule is Cc1cc([N+](=O)[O-])c(C)cc1-c1ccc(C=NNc2nnc(C)n2N)o1. The van der Waals surface area contributed by atoms with E-state index in [9.17, 15) is 10.1 Å². The molecule has 3 rings (SSSR count). The number of rotatable bonds is 5. The van der Waals surface area contributed by atoms with E-state index in [1.807, 2.05) is 0 Å². The monoisotopic (exact) mass is 355 g/mol. The summed E-state index contributed by atoms with van der Waals surface area (Å²) in [5.41, 5.74) is 4.87. The van der Waals surface area contributed by atoms with E-state index in [0.29, 0.717) is 28.9 Å². The Morgan fingerprint density at radius 3 is 2.69 bits per heavy atom. The molecule has 0 radical (unpaired) electrons. The van der Waals surface area contributed by atoms with Crippen LogP contribution in [-0.4, -0.2) is 26.0 Å². The second kappa shape index (κ2) is 6.67. The molecule has 0 aliphatic rings. The highest BCUT2D eigenvalue weighted by Crippen LogP contribution is 2.30. The molecule has 1 aromatic carbocycles. The number of aromatic nitrogens is 3. The van der Waals surface area contributed by atoms with Crippen molar-refractivity contribution < 1.29 is 9.34 Å². The summed E-state index contributed by atoms with van der Waals surface area (Å²) in [5, 5.41) is 22.7. The zero-order valence-electron chi connectivity index (χ0n) is 14.4. The second-order valence-corrected chi connectivity index (χ2v) is 5.72. The van der Waals surface area contributed by atoms with Gasteiger partial charge in [-0.15, -0.1) is 10.2 Å². The largest absolute Gasteiger partial charge is 0.455 e. The van der Waals surface area contributed by atoms with Crippen molar-refractivity contribution in [2.24, 2.45) is 5.10 Å². The summed E-state index contributed by atoms with van der Waals surface area (Å²) in [5.74, 6) is 7.66. The van der Waals surface area contributed by atoms with Gasteiger partial charge in [0.15, 0.2) is 5.82 Å². The van der Waals surface area contributed by atoms with E-state index in [4.69, 9.17) is 10.3 Å². The maximum Gasteiger partial charge on any atom is 0.272 e. The molecule has 0 saturated carbocycles. The van der Waals surface area contributed by atoms with Crippen molar-refractivity contribution in [1.29, 1.82) is 0 Å². The smallest absolute Gasteiger partial charge is 0.272 e. The van der Waals surface area contributed by atoms with Gasteiger partial charge in [0.2, 0.25) is 0 Å². The van der Waals surface area contributed by atoms with E-state index in [0.717, 1.165) is 11.1 Å². The lowest BCUT2D eigenvalue weighted by atomic mass is 10.0. The molecular weight excluding hydrogens is 338 g/mol. The van der Waals surface area contributed by atoms with Crippen LogP contribution in [0.5, 0.6) is 0 Å². The van der Waals surface area contributed by atoms with E-state index < -0.39 is 4.92 Å². The molecular formula is C16H17N7O3. The first-order valence-electron chi connectivity index (χ1n) is 7.69. The summed E-state index contributed by atoms with van der Waals surface area (Å²) < 4.78 is 7.02. The lowest BCUT2D eigenvalue weighted by Gasteiger charge is -2.05. The fourth-order valence-electron chi connectivity index (χ4n) is 2.43. The maximum absolute atomic E-state index is 11.0. The Morgan fingerprint density at radius 2 is 2.04 bits per heavy atom. The van der Waals surface area contributed by atoms with Crippen molar-refractivity contribution in [3.63, 3.8) is 0 Å². The zero-order chi connectivity index (χ0) is 18.8. The van der Waals surface area contributed by atoms with Gasteiger partial charge >= 0.3 is 0 Å². The van der Waals surface area contributed by atoms with E-state index in [2.05, 4.69) is 20.7 Å². The number of anilines is 1. The van der Waals surface area contributed by atoms with Gasteiger partial charge < -0.3 is 10.3 Å². The summed E-state index contributed by atoms with van der Waals surface area (Å²) in [6, 6.07) is 6.81. The number of nitrogens with one attached hydrogen (secondary N) is 1. The minimum absolute atomic E-state index is 0.0879. The Balaban J connectivity index is 1.80. The van der Waals surface area contributed by atoms with Crippen molar-refractivity contribution >= 4 is 17.9 Å². The molecule has 26 heavy (non-hydrogen) atoms. The number of hydrazone groups is 1. The van der Waals surface area contributed by atoms with E-state index in [1.54, 1.807) is 45.0 Å². The Morgan fingerprint density at radius 1 is 1.27 bits per heavy atom. The van der Waals surface area contributed by atoms with Crippen molar-refractivity contribution in [2.45, 2.75) is 20.8 Å². The van der Waals surface area contributed by atoms with Crippen molar-refractivity contribution in [2.75, 3.05) is 11.3 Å². The van der Waals surface area contributed by atoms with Crippen molar-refractivity contribution in [1.82, 2.24) is 14.9 Å².